The summed E-state index contributed by atoms with van der Waals surface area (Å²) in [6, 6.07) is 18.3. The summed E-state index contributed by atoms with van der Waals surface area (Å²) >= 11 is 0. The lowest BCUT2D eigenvalue weighted by molar-refractivity contribution is 0.309. The second-order valence-corrected chi connectivity index (χ2v) is 9.66. The molecule has 0 saturated carbocycles. The Morgan fingerprint density at radius 2 is 1.63 bits per heavy atom. The van der Waals surface area contributed by atoms with Gasteiger partial charge in [0, 0.05) is 17.4 Å². The molecule has 4 aromatic rings. The molecule has 0 amide bonds. The highest BCUT2D eigenvalue weighted by molar-refractivity contribution is 7.92. The smallest absolute Gasteiger partial charge is 0.261 e. The number of hydrogen-bond acceptors (Lipinski definition) is 7. The molecule has 2 aromatic carbocycles. The van der Waals surface area contributed by atoms with E-state index >= 15 is 0 Å². The molecule has 0 aliphatic heterocycles. The Hall–Kier alpha value is -3.92. The van der Waals surface area contributed by atoms with Crippen LogP contribution in [0.3, 0.4) is 0 Å². The van der Waals surface area contributed by atoms with Crippen molar-refractivity contribution in [1.29, 1.82) is 0 Å². The highest BCUT2D eigenvalue weighted by Gasteiger charge is 2.14. The Kier molecular flexibility index (Phi) is 7.31. The molecule has 2 aromatic heterocycles. The third kappa shape index (κ3) is 6.15. The minimum absolute atomic E-state index is 0.152. The average molecular weight is 494 g/mol. The first kappa shape index (κ1) is 24.2. The van der Waals surface area contributed by atoms with E-state index < -0.39 is 10.0 Å². The van der Waals surface area contributed by atoms with Gasteiger partial charge in [-0.05, 0) is 80.9 Å². The zero-order valence-corrected chi connectivity index (χ0v) is 20.6. The van der Waals surface area contributed by atoms with Crippen molar-refractivity contribution in [2.45, 2.75) is 38.5 Å². The third-order valence-electron chi connectivity index (χ3n) is 5.08. The quantitative estimate of drug-likeness (QED) is 0.308. The Labute approximate surface area is 204 Å². The minimum atomic E-state index is -3.74. The summed E-state index contributed by atoms with van der Waals surface area (Å²) < 4.78 is 41.0. The SMILES string of the molecule is CCCCOc1ccc(S(=O)(=O)Nc2ccc(Oc3ccc(-n4nc(C)cc4C)nn3)cc2)cc1. The van der Waals surface area contributed by atoms with Gasteiger partial charge in [-0.2, -0.15) is 5.10 Å². The molecule has 1 N–H and O–H groups in total. The molecule has 0 atom stereocenters. The molecule has 0 aliphatic carbocycles. The van der Waals surface area contributed by atoms with Crippen LogP contribution in [0.2, 0.25) is 0 Å². The summed E-state index contributed by atoms with van der Waals surface area (Å²) in [7, 11) is -3.74. The monoisotopic (exact) mass is 493 g/mol. The van der Waals surface area contributed by atoms with E-state index in [2.05, 4.69) is 26.9 Å². The number of nitrogens with one attached hydrogen (secondary N) is 1. The van der Waals surface area contributed by atoms with Crippen LogP contribution in [0.25, 0.3) is 5.82 Å². The highest BCUT2D eigenvalue weighted by Crippen LogP contribution is 2.24. The van der Waals surface area contributed by atoms with E-state index in [0.29, 0.717) is 35.5 Å². The van der Waals surface area contributed by atoms with Gasteiger partial charge in [0.05, 0.1) is 17.2 Å². The molecule has 0 aliphatic rings. The van der Waals surface area contributed by atoms with Crippen molar-refractivity contribution < 1.29 is 17.9 Å². The van der Waals surface area contributed by atoms with Gasteiger partial charge in [0.2, 0.25) is 5.88 Å². The first-order chi connectivity index (χ1) is 16.8. The van der Waals surface area contributed by atoms with Crippen molar-refractivity contribution in [3.63, 3.8) is 0 Å². The van der Waals surface area contributed by atoms with E-state index in [1.807, 2.05) is 19.9 Å². The van der Waals surface area contributed by atoms with Crippen LogP contribution in [0.15, 0.2) is 71.6 Å². The maximum atomic E-state index is 12.7. The van der Waals surface area contributed by atoms with E-state index in [9.17, 15) is 8.42 Å². The van der Waals surface area contributed by atoms with Gasteiger partial charge in [-0.3, -0.25) is 4.72 Å². The van der Waals surface area contributed by atoms with Crippen LogP contribution < -0.4 is 14.2 Å². The van der Waals surface area contributed by atoms with E-state index in [-0.39, 0.29) is 4.90 Å². The number of nitrogens with zero attached hydrogens (tertiary/aromatic N) is 4. The normalized spacial score (nSPS) is 11.3. The number of ether oxygens (including phenoxy) is 2. The van der Waals surface area contributed by atoms with E-state index in [1.165, 1.54) is 12.1 Å². The lowest BCUT2D eigenvalue weighted by Crippen LogP contribution is -2.12. The van der Waals surface area contributed by atoms with Crippen LogP contribution in [0.5, 0.6) is 17.4 Å². The molecule has 0 fully saturated rings. The molecular weight excluding hydrogens is 466 g/mol. The summed E-state index contributed by atoms with van der Waals surface area (Å²) in [6.45, 7) is 6.55. The van der Waals surface area contributed by atoms with Gasteiger partial charge >= 0.3 is 0 Å². The second kappa shape index (κ2) is 10.6. The summed E-state index contributed by atoms with van der Waals surface area (Å²) in [6.07, 6.45) is 1.98. The number of sulfonamides is 1. The maximum Gasteiger partial charge on any atom is 0.261 e. The van der Waals surface area contributed by atoms with Crippen molar-refractivity contribution >= 4 is 15.7 Å². The lowest BCUT2D eigenvalue weighted by Gasteiger charge is -2.10. The molecule has 0 unspecified atom stereocenters. The van der Waals surface area contributed by atoms with Gasteiger partial charge in [0.25, 0.3) is 10.0 Å². The average Bonchev–Trinajstić information content (AvgIpc) is 3.19. The van der Waals surface area contributed by atoms with Gasteiger partial charge in [-0.25, -0.2) is 13.1 Å². The predicted molar refractivity (Wildman–Crippen MR) is 133 cm³/mol. The number of benzene rings is 2. The van der Waals surface area contributed by atoms with Crippen molar-refractivity contribution in [2.24, 2.45) is 0 Å². The zero-order valence-electron chi connectivity index (χ0n) is 19.8. The molecule has 2 heterocycles. The Bertz CT molecular complexity index is 1370. The van der Waals surface area contributed by atoms with Crippen molar-refractivity contribution in [3.05, 3.63) is 78.1 Å². The first-order valence-electron chi connectivity index (χ1n) is 11.2. The molecule has 0 radical (unpaired) electrons. The second-order valence-electron chi connectivity index (χ2n) is 7.97. The van der Waals surface area contributed by atoms with Crippen LogP contribution in [0.4, 0.5) is 5.69 Å². The number of aromatic nitrogens is 4. The fourth-order valence-electron chi connectivity index (χ4n) is 3.32. The first-order valence-corrected chi connectivity index (χ1v) is 12.7. The van der Waals surface area contributed by atoms with Crippen molar-refractivity contribution in [3.8, 4) is 23.2 Å². The van der Waals surface area contributed by atoms with Gasteiger partial charge in [0.15, 0.2) is 5.82 Å². The summed E-state index contributed by atoms with van der Waals surface area (Å²) in [5.74, 6) is 2.04. The molecule has 0 spiro atoms. The van der Waals surface area contributed by atoms with E-state index in [1.54, 1.807) is 53.2 Å². The lowest BCUT2D eigenvalue weighted by atomic mass is 10.3. The van der Waals surface area contributed by atoms with Crippen molar-refractivity contribution in [1.82, 2.24) is 20.0 Å². The summed E-state index contributed by atoms with van der Waals surface area (Å²) in [5, 5.41) is 12.7. The number of hydrogen-bond donors (Lipinski definition) is 1. The van der Waals surface area contributed by atoms with Gasteiger partial charge in [-0.15, -0.1) is 10.2 Å². The van der Waals surface area contributed by atoms with Crippen molar-refractivity contribution in [2.75, 3.05) is 11.3 Å². The largest absolute Gasteiger partial charge is 0.494 e. The van der Waals surface area contributed by atoms with E-state index in [4.69, 9.17) is 9.47 Å². The van der Waals surface area contributed by atoms with Crippen LogP contribution in [-0.2, 0) is 10.0 Å². The third-order valence-corrected chi connectivity index (χ3v) is 6.48. The topological polar surface area (TPSA) is 108 Å². The van der Waals surface area contributed by atoms with Crippen LogP contribution >= 0.6 is 0 Å². The molecule has 0 bridgehead atoms. The number of unbranched alkanes of at least 4 members (excludes halogenated alkanes) is 1. The Morgan fingerprint density at radius 1 is 0.914 bits per heavy atom. The zero-order chi connectivity index (χ0) is 24.8. The summed E-state index contributed by atoms with van der Waals surface area (Å²) in [5.41, 5.74) is 2.26. The molecule has 9 nitrogen and oxygen atoms in total. The Morgan fingerprint density at radius 3 is 2.23 bits per heavy atom. The molecule has 182 valence electrons. The molecular formula is C25H27N5O4S. The highest BCUT2D eigenvalue weighted by atomic mass is 32.2. The molecule has 4 rings (SSSR count). The number of anilines is 1. The molecule has 35 heavy (non-hydrogen) atoms. The molecule has 0 saturated heterocycles. The number of aryl methyl sites for hydroxylation is 2. The summed E-state index contributed by atoms with van der Waals surface area (Å²) in [4.78, 5) is 0.152. The standard InChI is InChI=1S/C25H27N5O4S/c1-4-5-16-33-21-10-12-23(13-11-21)35(31,32)29-20-6-8-22(9-7-20)34-25-15-14-24(26-27-25)30-19(3)17-18(2)28-30/h6-15,17,29H,4-5,16H2,1-3H3. The molecule has 10 heteroatoms. The Balaban J connectivity index is 1.37. The maximum absolute atomic E-state index is 12.7. The van der Waals surface area contributed by atoms with Crippen LogP contribution in [-0.4, -0.2) is 35.0 Å². The fourth-order valence-corrected chi connectivity index (χ4v) is 4.38. The van der Waals surface area contributed by atoms with Crippen LogP contribution in [0.1, 0.15) is 31.2 Å². The van der Waals surface area contributed by atoms with Gasteiger partial charge < -0.3 is 9.47 Å². The fraction of sp³-hybridized carbons (Fsp3) is 0.240. The predicted octanol–water partition coefficient (Wildman–Crippen LogP) is 5.05. The number of rotatable bonds is 10. The van der Waals surface area contributed by atoms with Gasteiger partial charge in [0.1, 0.15) is 11.5 Å². The minimum Gasteiger partial charge on any atom is -0.494 e. The van der Waals surface area contributed by atoms with Crippen LogP contribution in [0, 0.1) is 13.8 Å². The van der Waals surface area contributed by atoms with E-state index in [0.717, 1.165) is 24.2 Å². The van der Waals surface area contributed by atoms with Gasteiger partial charge in [-0.1, -0.05) is 13.3 Å².